The maximum atomic E-state index is 11.5. The summed E-state index contributed by atoms with van der Waals surface area (Å²) in [6.07, 6.45) is 0.723. The largest absolute Gasteiger partial charge is 0.490 e. The Kier molecular flexibility index (Phi) is 8.92. The molecule has 5 nitrogen and oxygen atoms in total. The predicted octanol–water partition coefficient (Wildman–Crippen LogP) is 2.40. The molecule has 0 aliphatic heterocycles. The molecule has 1 aromatic rings. The maximum Gasteiger partial charge on any atom is 0.230 e. The lowest BCUT2D eigenvalue weighted by molar-refractivity contribution is -0.118. The molecular weight excluding hydrogens is 300 g/mol. The van der Waals surface area contributed by atoms with E-state index in [0.717, 1.165) is 23.5 Å². The number of rotatable bonds is 10. The first-order valence-corrected chi connectivity index (χ1v) is 8.46. The van der Waals surface area contributed by atoms with Crippen LogP contribution in [0.15, 0.2) is 18.2 Å². The third kappa shape index (κ3) is 6.72. The van der Waals surface area contributed by atoms with E-state index in [4.69, 9.17) is 14.7 Å². The molecule has 0 saturated heterocycles. The van der Waals surface area contributed by atoms with Crippen molar-refractivity contribution in [2.24, 2.45) is 0 Å². The molecular formula is C16H22N2O3S. The van der Waals surface area contributed by atoms with Gasteiger partial charge in [0.1, 0.15) is 0 Å². The van der Waals surface area contributed by atoms with Crippen LogP contribution in [-0.2, 0) is 11.2 Å². The van der Waals surface area contributed by atoms with Crippen molar-refractivity contribution in [3.63, 3.8) is 0 Å². The molecule has 1 N–H and O–H groups in total. The molecule has 0 aliphatic carbocycles. The van der Waals surface area contributed by atoms with Gasteiger partial charge in [-0.3, -0.25) is 4.79 Å². The van der Waals surface area contributed by atoms with E-state index in [-0.39, 0.29) is 5.91 Å². The molecule has 1 aromatic carbocycles. The number of carbonyl (C=O) groups excluding carboxylic acids is 1. The number of nitrogens with one attached hydrogen (secondary N) is 1. The highest BCUT2D eigenvalue weighted by Gasteiger charge is 2.07. The summed E-state index contributed by atoms with van der Waals surface area (Å²) < 4.78 is 11.1. The SMILES string of the molecule is CCOc1ccc(CCNC(=O)CSCC#N)cc1OCC. The average Bonchev–Trinajstić information content (AvgIpc) is 2.50. The summed E-state index contributed by atoms with van der Waals surface area (Å²) in [6, 6.07) is 7.82. The summed E-state index contributed by atoms with van der Waals surface area (Å²) in [4.78, 5) is 11.5. The van der Waals surface area contributed by atoms with E-state index in [1.807, 2.05) is 38.1 Å². The number of carbonyl (C=O) groups is 1. The van der Waals surface area contributed by atoms with Gasteiger partial charge in [-0.1, -0.05) is 6.07 Å². The van der Waals surface area contributed by atoms with Crippen molar-refractivity contribution in [3.05, 3.63) is 23.8 Å². The highest BCUT2D eigenvalue weighted by molar-refractivity contribution is 8.00. The van der Waals surface area contributed by atoms with Crippen LogP contribution in [0.4, 0.5) is 0 Å². The van der Waals surface area contributed by atoms with Crippen LogP contribution in [0.2, 0.25) is 0 Å². The molecule has 0 aliphatic rings. The van der Waals surface area contributed by atoms with Crippen molar-refractivity contribution in [1.29, 1.82) is 5.26 Å². The molecule has 1 rings (SSSR count). The van der Waals surface area contributed by atoms with Crippen LogP contribution in [0.3, 0.4) is 0 Å². The molecule has 0 heterocycles. The number of amides is 1. The normalized spacial score (nSPS) is 9.86. The Bertz CT molecular complexity index is 515. The number of thioether (sulfide) groups is 1. The Hall–Kier alpha value is -1.87. The Morgan fingerprint density at radius 2 is 2.00 bits per heavy atom. The van der Waals surface area contributed by atoms with Crippen LogP contribution in [0.25, 0.3) is 0 Å². The van der Waals surface area contributed by atoms with Crippen LogP contribution in [-0.4, -0.2) is 37.2 Å². The molecule has 6 heteroatoms. The van der Waals surface area contributed by atoms with E-state index in [0.29, 0.717) is 31.3 Å². The number of hydrogen-bond acceptors (Lipinski definition) is 5. The van der Waals surface area contributed by atoms with Gasteiger partial charge < -0.3 is 14.8 Å². The molecule has 0 fully saturated rings. The fourth-order valence-electron chi connectivity index (χ4n) is 1.84. The fourth-order valence-corrected chi connectivity index (χ4v) is 2.32. The third-order valence-electron chi connectivity index (χ3n) is 2.74. The number of hydrogen-bond donors (Lipinski definition) is 1. The number of benzene rings is 1. The maximum absolute atomic E-state index is 11.5. The van der Waals surface area contributed by atoms with Gasteiger partial charge in [-0.2, -0.15) is 5.26 Å². The highest BCUT2D eigenvalue weighted by Crippen LogP contribution is 2.28. The van der Waals surface area contributed by atoms with Gasteiger partial charge in [0.2, 0.25) is 5.91 Å². The summed E-state index contributed by atoms with van der Waals surface area (Å²) in [5.74, 6) is 2.09. The minimum atomic E-state index is -0.0452. The summed E-state index contributed by atoms with van der Waals surface area (Å²) >= 11 is 1.31. The van der Waals surface area contributed by atoms with Crippen molar-refractivity contribution < 1.29 is 14.3 Å². The van der Waals surface area contributed by atoms with E-state index in [1.165, 1.54) is 11.8 Å². The van der Waals surface area contributed by atoms with Gasteiger partial charge in [-0.15, -0.1) is 11.8 Å². The molecule has 0 spiro atoms. The zero-order valence-corrected chi connectivity index (χ0v) is 13.9. The summed E-state index contributed by atoms with van der Waals surface area (Å²) in [6.45, 7) is 5.60. The van der Waals surface area contributed by atoms with Gasteiger partial charge in [0.05, 0.1) is 30.8 Å². The van der Waals surface area contributed by atoms with Crippen LogP contribution >= 0.6 is 11.8 Å². The van der Waals surface area contributed by atoms with Crippen LogP contribution in [0, 0.1) is 11.3 Å². The van der Waals surface area contributed by atoms with Crippen molar-refractivity contribution in [2.75, 3.05) is 31.3 Å². The Morgan fingerprint density at radius 1 is 1.27 bits per heavy atom. The van der Waals surface area contributed by atoms with Crippen LogP contribution in [0.1, 0.15) is 19.4 Å². The first-order valence-electron chi connectivity index (χ1n) is 7.31. The minimum absolute atomic E-state index is 0.0452. The van der Waals surface area contributed by atoms with Gasteiger partial charge in [-0.05, 0) is 38.0 Å². The highest BCUT2D eigenvalue weighted by atomic mass is 32.2. The van der Waals surface area contributed by atoms with Gasteiger partial charge in [-0.25, -0.2) is 0 Å². The van der Waals surface area contributed by atoms with Crippen molar-refractivity contribution in [3.8, 4) is 17.6 Å². The van der Waals surface area contributed by atoms with Gasteiger partial charge in [0.15, 0.2) is 11.5 Å². The van der Waals surface area contributed by atoms with Crippen molar-refractivity contribution in [1.82, 2.24) is 5.32 Å². The minimum Gasteiger partial charge on any atom is -0.490 e. The number of ether oxygens (including phenoxy) is 2. The van der Waals surface area contributed by atoms with Crippen molar-refractivity contribution >= 4 is 17.7 Å². The third-order valence-corrected chi connectivity index (χ3v) is 3.54. The van der Waals surface area contributed by atoms with E-state index in [1.54, 1.807) is 0 Å². The van der Waals surface area contributed by atoms with Crippen LogP contribution < -0.4 is 14.8 Å². The van der Waals surface area contributed by atoms with E-state index < -0.39 is 0 Å². The topological polar surface area (TPSA) is 71.3 Å². The van der Waals surface area contributed by atoms with Crippen molar-refractivity contribution in [2.45, 2.75) is 20.3 Å². The van der Waals surface area contributed by atoms with Gasteiger partial charge in [0, 0.05) is 6.54 Å². The Balaban J connectivity index is 2.47. The smallest absolute Gasteiger partial charge is 0.230 e. The van der Waals surface area contributed by atoms with Gasteiger partial charge in [0.25, 0.3) is 0 Å². The monoisotopic (exact) mass is 322 g/mol. The zero-order chi connectivity index (χ0) is 16.2. The lowest BCUT2D eigenvalue weighted by Gasteiger charge is -2.12. The molecule has 0 aromatic heterocycles. The van der Waals surface area contributed by atoms with Crippen LogP contribution in [0.5, 0.6) is 11.5 Å². The standard InChI is InChI=1S/C16H22N2O3S/c1-3-20-14-6-5-13(11-15(14)21-4-2)7-9-18-16(19)12-22-10-8-17/h5-6,11H,3-4,7,9-10,12H2,1-2H3,(H,18,19). The molecule has 120 valence electrons. The second-order valence-corrected chi connectivity index (χ2v) is 5.38. The average molecular weight is 322 g/mol. The molecule has 1 amide bonds. The summed E-state index contributed by atoms with van der Waals surface area (Å²) in [5.41, 5.74) is 1.08. The summed E-state index contributed by atoms with van der Waals surface area (Å²) in [7, 11) is 0. The molecule has 0 saturated carbocycles. The second-order valence-electron chi connectivity index (χ2n) is 4.40. The lowest BCUT2D eigenvalue weighted by atomic mass is 10.1. The first kappa shape index (κ1) is 18.2. The fraction of sp³-hybridized carbons (Fsp3) is 0.500. The molecule has 0 bridgehead atoms. The quantitative estimate of drug-likeness (QED) is 0.670. The first-order chi connectivity index (χ1) is 10.7. The second kappa shape index (κ2) is 10.8. The van der Waals surface area contributed by atoms with E-state index in [2.05, 4.69) is 5.32 Å². The molecule has 0 atom stereocenters. The van der Waals surface area contributed by atoms with E-state index >= 15 is 0 Å². The molecule has 0 radical (unpaired) electrons. The van der Waals surface area contributed by atoms with E-state index in [9.17, 15) is 4.79 Å². The number of nitrogens with zero attached hydrogens (tertiary/aromatic N) is 1. The Morgan fingerprint density at radius 3 is 2.68 bits per heavy atom. The molecule has 0 unspecified atom stereocenters. The molecule has 22 heavy (non-hydrogen) atoms. The Labute approximate surface area is 136 Å². The van der Waals surface area contributed by atoms with Gasteiger partial charge >= 0.3 is 0 Å². The lowest BCUT2D eigenvalue weighted by Crippen LogP contribution is -2.27. The zero-order valence-electron chi connectivity index (χ0n) is 13.1. The predicted molar refractivity (Wildman–Crippen MR) is 88.4 cm³/mol. The summed E-state index contributed by atoms with van der Waals surface area (Å²) in [5, 5.41) is 11.2. The number of nitriles is 1.